The molecule has 13 heavy (non-hydrogen) atoms. The molecule has 0 aliphatic heterocycles. The van der Waals surface area contributed by atoms with Crippen molar-refractivity contribution in [2.24, 2.45) is 0 Å². The van der Waals surface area contributed by atoms with E-state index in [9.17, 15) is 0 Å². The van der Waals surface area contributed by atoms with Crippen molar-refractivity contribution in [1.29, 1.82) is 0 Å². The molecule has 0 aliphatic rings. The van der Waals surface area contributed by atoms with Gasteiger partial charge in [-0.05, 0) is 13.8 Å². The fourth-order valence-corrected chi connectivity index (χ4v) is 0. The van der Waals surface area contributed by atoms with Gasteiger partial charge in [-0.25, -0.2) is 5.48 Å². The van der Waals surface area contributed by atoms with Gasteiger partial charge in [0.05, 0.1) is 0 Å². The average molecular weight is 231 g/mol. The number of hydrogen-bond donors (Lipinski definition) is 3. The van der Waals surface area contributed by atoms with E-state index < -0.39 is 0 Å². The van der Waals surface area contributed by atoms with Gasteiger partial charge in [0.25, 0.3) is 0 Å². The van der Waals surface area contributed by atoms with Gasteiger partial charge in [-0.15, -0.1) is 0 Å². The van der Waals surface area contributed by atoms with Gasteiger partial charge in [-0.3, -0.25) is 0 Å². The SMILES string of the molecule is CC(C)O.CNO.C[NH-].C[NH-].[O]=[Ti+2]. The van der Waals surface area contributed by atoms with Crippen molar-refractivity contribution in [1.82, 2.24) is 5.48 Å². The van der Waals surface area contributed by atoms with Crippen molar-refractivity contribution in [3.63, 3.8) is 0 Å². The van der Waals surface area contributed by atoms with Gasteiger partial charge in [0.1, 0.15) is 0 Å². The van der Waals surface area contributed by atoms with Gasteiger partial charge in [0.15, 0.2) is 0 Å². The minimum absolute atomic E-state index is 0.167. The minimum atomic E-state index is -0.167. The van der Waals surface area contributed by atoms with Crippen LogP contribution in [0.1, 0.15) is 13.8 Å². The number of hydrogen-bond acceptors (Lipinski definition) is 4. The quantitative estimate of drug-likeness (QED) is 0.428. The molecule has 0 aliphatic carbocycles. The van der Waals surface area contributed by atoms with Crippen molar-refractivity contribution in [3.05, 3.63) is 11.5 Å². The van der Waals surface area contributed by atoms with Gasteiger partial charge < -0.3 is 21.8 Å². The number of rotatable bonds is 0. The zero-order valence-corrected chi connectivity index (χ0v) is 10.4. The van der Waals surface area contributed by atoms with E-state index >= 15 is 0 Å². The van der Waals surface area contributed by atoms with Crippen LogP contribution in [0.2, 0.25) is 0 Å². The summed E-state index contributed by atoms with van der Waals surface area (Å²) in [6.07, 6.45) is -0.167. The van der Waals surface area contributed by atoms with Crippen LogP contribution >= 0.6 is 0 Å². The van der Waals surface area contributed by atoms with E-state index in [1.165, 1.54) is 21.1 Å². The monoisotopic (exact) mass is 231 g/mol. The molecule has 0 aromatic rings. The molecule has 0 aromatic carbocycles. The van der Waals surface area contributed by atoms with Crippen LogP contribution in [0.15, 0.2) is 0 Å². The van der Waals surface area contributed by atoms with E-state index in [-0.39, 0.29) is 6.10 Å². The first-order valence-electron chi connectivity index (χ1n) is 3.34. The molecule has 0 fully saturated rings. The predicted octanol–water partition coefficient (Wildman–Crippen LogP) is 1.20. The van der Waals surface area contributed by atoms with Gasteiger partial charge >= 0.3 is 23.7 Å². The van der Waals surface area contributed by atoms with Crippen molar-refractivity contribution in [3.8, 4) is 0 Å². The Morgan fingerprint density at radius 3 is 1.15 bits per heavy atom. The second kappa shape index (κ2) is 84.7. The van der Waals surface area contributed by atoms with Gasteiger partial charge in [-0.1, -0.05) is 0 Å². The van der Waals surface area contributed by atoms with E-state index in [0.717, 1.165) is 20.4 Å². The molecule has 0 unspecified atom stereocenters. The van der Waals surface area contributed by atoms with Crippen LogP contribution in [-0.4, -0.2) is 37.6 Å². The Hall–Kier alpha value is 0.314. The topological polar surface area (TPSA) is 117 Å². The molecule has 0 heterocycles. The van der Waals surface area contributed by atoms with Crippen molar-refractivity contribution in [2.45, 2.75) is 20.0 Å². The number of hydroxylamine groups is 1. The van der Waals surface area contributed by atoms with Crippen molar-refractivity contribution >= 4 is 0 Å². The first-order chi connectivity index (χ1) is 6.15. The summed E-state index contributed by atoms with van der Waals surface area (Å²) in [6, 6.07) is 0. The third-order valence-electron chi connectivity index (χ3n) is 0. The maximum absolute atomic E-state index is 8.25. The van der Waals surface area contributed by atoms with Gasteiger partial charge in [0, 0.05) is 13.2 Å². The van der Waals surface area contributed by atoms with Crippen LogP contribution in [0, 0.1) is 0 Å². The third kappa shape index (κ3) is 13300. The third-order valence-corrected chi connectivity index (χ3v) is 0. The molecule has 0 saturated heterocycles. The summed E-state index contributed by atoms with van der Waals surface area (Å²) < 4.78 is 8.25. The predicted molar refractivity (Wildman–Crippen MR) is 49.4 cm³/mol. The summed E-state index contributed by atoms with van der Waals surface area (Å²) in [6.45, 7) is 3.44. The Morgan fingerprint density at radius 2 is 1.15 bits per heavy atom. The van der Waals surface area contributed by atoms with Gasteiger partial charge in [0.2, 0.25) is 0 Å². The Balaban J connectivity index is -0.0000000215. The molecule has 7 heteroatoms. The standard InChI is InChI=1S/C3H8O.CH5NO.2CH4N.O.Ti/c1-3(2)4;1-2-3;2*1-2;;/h3-4H,1-2H3;2-3H,1H3;2*2H,1H3;;/q;;2*-1;;+2. The van der Waals surface area contributed by atoms with Crippen LogP contribution in [0.4, 0.5) is 0 Å². The zero-order chi connectivity index (χ0) is 12.3. The first kappa shape index (κ1) is 29.2. The number of aliphatic hydroxyl groups excluding tert-OH is 1. The van der Waals surface area contributed by atoms with E-state index in [1.54, 1.807) is 19.3 Å². The number of aliphatic hydroxyl groups is 1. The first-order valence-corrected chi connectivity index (χ1v) is 3.98. The maximum atomic E-state index is 8.25. The van der Waals surface area contributed by atoms with E-state index in [1.807, 2.05) is 0 Å². The summed E-state index contributed by atoms with van der Waals surface area (Å²) in [7, 11) is 3.93. The Kier molecular flexibility index (Phi) is 190. The molecule has 0 atom stereocenters. The van der Waals surface area contributed by atoms with Crippen LogP contribution in [0.5, 0.6) is 0 Å². The summed E-state index contributed by atoms with van der Waals surface area (Å²) in [5, 5.41) is 15.4. The molecule has 0 aromatic heterocycles. The molecular weight excluding hydrogens is 210 g/mol. The molecule has 82 valence electrons. The molecule has 0 saturated carbocycles. The molecule has 0 rings (SSSR count). The Bertz CT molecular complexity index is 41.6. The summed E-state index contributed by atoms with van der Waals surface area (Å²) in [5.74, 6) is 0. The molecule has 0 bridgehead atoms. The molecular formula is C6H21N3O3Ti. The molecule has 6 nitrogen and oxygen atoms in total. The van der Waals surface area contributed by atoms with E-state index in [2.05, 4.69) is 0 Å². The molecule has 5 N–H and O–H groups in total. The average Bonchev–Trinajstić information content (AvgIpc) is 2.14. The van der Waals surface area contributed by atoms with Crippen LogP contribution in [0.25, 0.3) is 11.5 Å². The summed E-state index contributed by atoms with van der Waals surface area (Å²) >= 11 is 0.750. The molecule has 0 radical (unpaired) electrons. The molecule has 0 amide bonds. The van der Waals surface area contributed by atoms with Crippen molar-refractivity contribution < 1.29 is 34.0 Å². The fraction of sp³-hybridized carbons (Fsp3) is 1.00. The summed E-state index contributed by atoms with van der Waals surface area (Å²) in [4.78, 5) is 0. The second-order valence-corrected chi connectivity index (χ2v) is 1.32. The van der Waals surface area contributed by atoms with Gasteiger partial charge in [-0.2, -0.15) is 14.1 Å². The fourth-order valence-electron chi connectivity index (χ4n) is 0. The van der Waals surface area contributed by atoms with E-state index in [0.29, 0.717) is 0 Å². The second-order valence-electron chi connectivity index (χ2n) is 1.32. The number of nitrogens with one attached hydrogen (secondary N) is 3. The Morgan fingerprint density at radius 1 is 1.15 bits per heavy atom. The van der Waals surface area contributed by atoms with Crippen molar-refractivity contribution in [2.75, 3.05) is 21.1 Å². The van der Waals surface area contributed by atoms with Crippen LogP contribution < -0.4 is 5.48 Å². The Labute approximate surface area is 92.4 Å². The van der Waals surface area contributed by atoms with Crippen LogP contribution in [0.3, 0.4) is 0 Å². The van der Waals surface area contributed by atoms with Crippen LogP contribution in [-0.2, 0) is 23.7 Å². The zero-order valence-electron chi connectivity index (χ0n) is 8.88. The van der Waals surface area contributed by atoms with E-state index in [4.69, 9.17) is 25.1 Å². The normalized spacial score (nSPS) is 5.54. The molecule has 0 spiro atoms. The summed E-state index contributed by atoms with van der Waals surface area (Å²) in [5.41, 5.74) is 13.2.